The number of amides is 1. The molecule has 0 aliphatic carbocycles. The van der Waals surface area contributed by atoms with Crippen LogP contribution >= 0.6 is 23.2 Å². The second kappa shape index (κ2) is 11.4. The van der Waals surface area contributed by atoms with Crippen LogP contribution in [0.5, 0.6) is 0 Å². The zero-order chi connectivity index (χ0) is 26.6. The van der Waals surface area contributed by atoms with Crippen molar-refractivity contribution in [3.05, 3.63) is 33.7 Å². The second-order valence-electron chi connectivity index (χ2n) is 8.27. The van der Waals surface area contributed by atoms with E-state index in [9.17, 15) is 31.5 Å². The van der Waals surface area contributed by atoms with Crippen molar-refractivity contribution in [3.63, 3.8) is 0 Å². The van der Waals surface area contributed by atoms with Gasteiger partial charge in [0.15, 0.2) is 5.69 Å². The molecule has 0 aliphatic heterocycles. The van der Waals surface area contributed by atoms with Gasteiger partial charge in [0.05, 0.1) is 21.9 Å². The number of sulfone groups is 1. The second-order valence-corrected chi connectivity index (χ2v) is 11.3. The number of aliphatic hydroxyl groups is 1. The van der Waals surface area contributed by atoms with Crippen LogP contribution in [0, 0.1) is 0 Å². The van der Waals surface area contributed by atoms with Gasteiger partial charge in [-0.15, -0.1) is 0 Å². The summed E-state index contributed by atoms with van der Waals surface area (Å²) in [4.78, 5) is 16.6. The minimum Gasteiger partial charge on any atom is -0.388 e. The SMILES string of the molecule is CCC[C@@](O)(CCCS(C)(=O)=O)CNC(=O)c1nn(CC)c(-c2cnc(Cl)cc2C(F)(F)F)c1Cl. The third kappa shape index (κ3) is 7.80. The van der Waals surface area contributed by atoms with E-state index in [2.05, 4.69) is 15.4 Å². The summed E-state index contributed by atoms with van der Waals surface area (Å²) in [5.74, 6) is -0.906. The molecular weight excluding hydrogens is 532 g/mol. The molecule has 1 amide bonds. The predicted molar refractivity (Wildman–Crippen MR) is 127 cm³/mol. The van der Waals surface area contributed by atoms with E-state index in [-0.39, 0.29) is 58.8 Å². The van der Waals surface area contributed by atoms with Gasteiger partial charge in [-0.2, -0.15) is 18.3 Å². The minimum atomic E-state index is -4.76. The quantitative estimate of drug-likeness (QED) is 0.395. The molecule has 14 heteroatoms. The van der Waals surface area contributed by atoms with Gasteiger partial charge in [-0.1, -0.05) is 36.5 Å². The van der Waals surface area contributed by atoms with Gasteiger partial charge in [0.2, 0.25) is 0 Å². The van der Waals surface area contributed by atoms with Crippen molar-refractivity contribution in [3.8, 4) is 11.3 Å². The lowest BCUT2D eigenvalue weighted by molar-refractivity contribution is -0.137. The number of nitrogens with one attached hydrogen (secondary N) is 1. The van der Waals surface area contributed by atoms with Gasteiger partial charge in [0.25, 0.3) is 5.91 Å². The molecule has 2 rings (SSSR count). The van der Waals surface area contributed by atoms with E-state index in [0.717, 1.165) is 17.1 Å². The lowest BCUT2D eigenvalue weighted by Crippen LogP contribution is -2.43. The fourth-order valence-electron chi connectivity index (χ4n) is 3.68. The number of pyridine rings is 1. The van der Waals surface area contributed by atoms with E-state index in [4.69, 9.17) is 23.2 Å². The van der Waals surface area contributed by atoms with E-state index in [1.54, 1.807) is 6.92 Å². The third-order valence-corrected chi connectivity index (χ3v) is 6.89. The van der Waals surface area contributed by atoms with E-state index in [0.29, 0.717) is 18.9 Å². The molecular formula is C21H27Cl2F3N4O4S. The summed E-state index contributed by atoms with van der Waals surface area (Å²) in [6.07, 6.45) is -1.55. The predicted octanol–water partition coefficient (Wildman–Crippen LogP) is 4.38. The van der Waals surface area contributed by atoms with Crippen LogP contribution in [-0.4, -0.2) is 58.4 Å². The van der Waals surface area contributed by atoms with Crippen molar-refractivity contribution >= 4 is 38.9 Å². The number of nitrogens with zero attached hydrogens (tertiary/aromatic N) is 3. The van der Waals surface area contributed by atoms with Crippen LogP contribution in [0.25, 0.3) is 11.3 Å². The summed E-state index contributed by atoms with van der Waals surface area (Å²) in [6.45, 7) is 3.33. The highest BCUT2D eigenvalue weighted by Crippen LogP contribution is 2.41. The van der Waals surface area contributed by atoms with Gasteiger partial charge >= 0.3 is 6.18 Å². The van der Waals surface area contributed by atoms with Gasteiger partial charge in [-0.25, -0.2) is 13.4 Å². The van der Waals surface area contributed by atoms with Crippen LogP contribution in [-0.2, 0) is 22.6 Å². The van der Waals surface area contributed by atoms with Gasteiger partial charge < -0.3 is 10.4 Å². The number of halogens is 5. The number of rotatable bonds is 11. The van der Waals surface area contributed by atoms with Crippen LogP contribution in [0.15, 0.2) is 12.3 Å². The van der Waals surface area contributed by atoms with Crippen molar-refractivity contribution < 1.29 is 31.5 Å². The maximum absolute atomic E-state index is 13.6. The van der Waals surface area contributed by atoms with Crippen molar-refractivity contribution in [2.45, 2.75) is 57.9 Å². The molecule has 1 atom stereocenters. The Morgan fingerprint density at radius 3 is 2.43 bits per heavy atom. The molecule has 0 saturated heterocycles. The monoisotopic (exact) mass is 558 g/mol. The topological polar surface area (TPSA) is 114 Å². The lowest BCUT2D eigenvalue weighted by atomic mass is 9.92. The van der Waals surface area contributed by atoms with Crippen LogP contribution < -0.4 is 5.32 Å². The van der Waals surface area contributed by atoms with E-state index in [1.807, 2.05) is 6.92 Å². The Hall–Kier alpha value is -1.89. The van der Waals surface area contributed by atoms with Gasteiger partial charge in [0, 0.05) is 36.9 Å². The molecule has 2 N–H and O–H groups in total. The molecule has 196 valence electrons. The number of aryl methyl sites for hydroxylation is 1. The number of carbonyl (C=O) groups is 1. The van der Waals surface area contributed by atoms with E-state index >= 15 is 0 Å². The maximum atomic E-state index is 13.6. The zero-order valence-electron chi connectivity index (χ0n) is 19.4. The molecule has 0 saturated carbocycles. The Morgan fingerprint density at radius 2 is 1.89 bits per heavy atom. The highest BCUT2D eigenvalue weighted by atomic mass is 35.5. The van der Waals surface area contributed by atoms with Crippen LogP contribution in [0.3, 0.4) is 0 Å². The number of aromatic nitrogens is 3. The molecule has 35 heavy (non-hydrogen) atoms. The minimum absolute atomic E-state index is 0.105. The fourth-order valence-corrected chi connectivity index (χ4v) is 4.83. The molecule has 8 nitrogen and oxygen atoms in total. The first-order valence-electron chi connectivity index (χ1n) is 10.8. The van der Waals surface area contributed by atoms with E-state index in [1.165, 1.54) is 0 Å². The van der Waals surface area contributed by atoms with Crippen molar-refractivity contribution in [2.24, 2.45) is 0 Å². The molecule has 0 radical (unpaired) electrons. The third-order valence-electron chi connectivity index (χ3n) is 5.29. The lowest BCUT2D eigenvalue weighted by Gasteiger charge is -2.28. The number of hydrogen-bond donors (Lipinski definition) is 2. The Balaban J connectivity index is 2.34. The Bertz CT molecular complexity index is 1170. The van der Waals surface area contributed by atoms with Gasteiger partial charge in [-0.05, 0) is 32.3 Å². The average molecular weight is 559 g/mol. The first kappa shape index (κ1) is 29.3. The summed E-state index contributed by atoms with van der Waals surface area (Å²) in [7, 11) is -3.21. The highest BCUT2D eigenvalue weighted by molar-refractivity contribution is 7.90. The van der Waals surface area contributed by atoms with Gasteiger partial charge in [-0.3, -0.25) is 9.48 Å². The normalized spacial score (nSPS) is 14.1. The fraction of sp³-hybridized carbons (Fsp3) is 0.571. The number of alkyl halides is 3. The largest absolute Gasteiger partial charge is 0.417 e. The van der Waals surface area contributed by atoms with Crippen LogP contribution in [0.2, 0.25) is 10.2 Å². The molecule has 0 aromatic carbocycles. The zero-order valence-corrected chi connectivity index (χ0v) is 21.7. The Morgan fingerprint density at radius 1 is 1.23 bits per heavy atom. The van der Waals surface area contributed by atoms with Crippen molar-refractivity contribution in [1.29, 1.82) is 0 Å². The van der Waals surface area contributed by atoms with Crippen LogP contribution in [0.4, 0.5) is 13.2 Å². The highest BCUT2D eigenvalue weighted by Gasteiger charge is 2.37. The van der Waals surface area contributed by atoms with Gasteiger partial charge in [0.1, 0.15) is 15.0 Å². The summed E-state index contributed by atoms with van der Waals surface area (Å²) in [6, 6.07) is 0.668. The molecule has 0 spiro atoms. The summed E-state index contributed by atoms with van der Waals surface area (Å²) in [5.41, 5.74) is -3.30. The smallest absolute Gasteiger partial charge is 0.388 e. The Labute approximate surface area is 211 Å². The molecule has 2 aromatic rings. The maximum Gasteiger partial charge on any atom is 0.417 e. The number of carbonyl (C=O) groups excluding carboxylic acids is 1. The first-order chi connectivity index (χ1) is 16.1. The molecule has 0 aliphatic rings. The summed E-state index contributed by atoms with van der Waals surface area (Å²) >= 11 is 12.0. The molecule has 2 aromatic heterocycles. The summed E-state index contributed by atoms with van der Waals surface area (Å²) < 4.78 is 64.9. The summed E-state index contributed by atoms with van der Waals surface area (Å²) in [5, 5.41) is 16.8. The van der Waals surface area contributed by atoms with Crippen molar-refractivity contribution in [1.82, 2.24) is 20.1 Å². The average Bonchev–Trinajstić information content (AvgIpc) is 3.07. The molecule has 0 fully saturated rings. The van der Waals surface area contributed by atoms with Crippen LogP contribution in [0.1, 0.15) is 55.6 Å². The molecule has 2 heterocycles. The number of hydrogen-bond acceptors (Lipinski definition) is 6. The van der Waals surface area contributed by atoms with E-state index < -0.39 is 33.1 Å². The van der Waals surface area contributed by atoms with Crippen molar-refractivity contribution in [2.75, 3.05) is 18.6 Å². The Kier molecular flexibility index (Phi) is 9.59. The first-order valence-corrected chi connectivity index (χ1v) is 13.6. The molecule has 0 bridgehead atoms. The standard InChI is InChI=1S/C21H27Cl2F3N4O4S/c1-4-7-20(32,8-6-9-35(3,33)34)12-28-19(31)17-16(23)18(30(5-2)29-17)13-11-27-15(22)10-14(13)21(24,25)26/h10-11,32H,4-9,12H2,1-3H3,(H,28,31)/t20-/m1/s1. The molecule has 0 unspecified atom stereocenters.